The fourth-order valence-electron chi connectivity index (χ4n) is 3.71. The van der Waals surface area contributed by atoms with E-state index in [1.807, 2.05) is 6.92 Å². The minimum atomic E-state index is -4.16. The van der Waals surface area contributed by atoms with Crippen LogP contribution in [0, 0.1) is 12.7 Å². The highest BCUT2D eigenvalue weighted by Gasteiger charge is 2.32. The Morgan fingerprint density at radius 2 is 1.70 bits per heavy atom. The molecule has 3 aromatic carbocycles. The molecule has 0 saturated carbocycles. The molecule has 3 rings (SSSR count). The highest BCUT2D eigenvalue weighted by Crippen LogP contribution is 2.27. The van der Waals surface area contributed by atoms with Crippen LogP contribution >= 0.6 is 15.9 Å². The number of aryl methyl sites for hydroxylation is 1. The summed E-state index contributed by atoms with van der Waals surface area (Å²) in [6.45, 7) is 4.66. The molecule has 0 aliphatic carbocycles. The molecule has 0 spiro atoms. The van der Waals surface area contributed by atoms with E-state index >= 15 is 0 Å². The largest absolute Gasteiger partial charge is 0.355 e. The monoisotopic (exact) mass is 589 g/mol. The molecule has 0 saturated heterocycles. The van der Waals surface area contributed by atoms with Crippen LogP contribution in [0.3, 0.4) is 0 Å². The van der Waals surface area contributed by atoms with Crippen molar-refractivity contribution in [2.75, 3.05) is 17.4 Å². The summed E-state index contributed by atoms with van der Waals surface area (Å²) in [4.78, 5) is 27.6. The Kier molecular flexibility index (Phi) is 9.45. The molecule has 0 bridgehead atoms. The first-order chi connectivity index (χ1) is 17.5. The van der Waals surface area contributed by atoms with Crippen LogP contribution in [-0.4, -0.2) is 44.3 Å². The highest BCUT2D eigenvalue weighted by molar-refractivity contribution is 9.10. The lowest BCUT2D eigenvalue weighted by Gasteiger charge is -2.32. The Labute approximate surface area is 225 Å². The number of hydrogen-bond acceptors (Lipinski definition) is 4. The van der Waals surface area contributed by atoms with Crippen molar-refractivity contribution in [3.63, 3.8) is 0 Å². The topological polar surface area (TPSA) is 86.8 Å². The molecule has 37 heavy (non-hydrogen) atoms. The van der Waals surface area contributed by atoms with Crippen molar-refractivity contribution >= 4 is 43.5 Å². The van der Waals surface area contributed by atoms with E-state index < -0.39 is 40.2 Å². The number of likely N-dealkylation sites (N-methyl/N-ethyl adjacent to an activating group) is 1. The number of benzene rings is 3. The Hall–Kier alpha value is -3.24. The van der Waals surface area contributed by atoms with Crippen molar-refractivity contribution in [2.45, 2.75) is 38.3 Å². The third-order valence-corrected chi connectivity index (χ3v) is 8.08. The zero-order chi connectivity index (χ0) is 27.2. The molecule has 196 valence electrons. The summed E-state index contributed by atoms with van der Waals surface area (Å²) in [5, 5.41) is 2.67. The first-order valence-corrected chi connectivity index (χ1v) is 13.9. The van der Waals surface area contributed by atoms with Crippen LogP contribution in [0.15, 0.2) is 82.2 Å². The van der Waals surface area contributed by atoms with Gasteiger partial charge in [0.05, 0.1) is 10.6 Å². The van der Waals surface area contributed by atoms with Gasteiger partial charge in [-0.2, -0.15) is 0 Å². The molecule has 0 aliphatic rings. The van der Waals surface area contributed by atoms with Crippen molar-refractivity contribution in [3.05, 3.63) is 94.2 Å². The van der Waals surface area contributed by atoms with Crippen LogP contribution in [0.4, 0.5) is 10.1 Å². The average molecular weight is 591 g/mol. The molecule has 3 aromatic rings. The number of nitrogens with zero attached hydrogens (tertiary/aromatic N) is 2. The lowest BCUT2D eigenvalue weighted by molar-refractivity contribution is -0.139. The molecule has 1 atom stereocenters. The summed E-state index contributed by atoms with van der Waals surface area (Å²) in [6.07, 6.45) is 0. The summed E-state index contributed by atoms with van der Waals surface area (Å²) >= 11 is 3.36. The van der Waals surface area contributed by atoms with Gasteiger partial charge in [0.1, 0.15) is 18.4 Å². The predicted molar refractivity (Wildman–Crippen MR) is 145 cm³/mol. The SMILES string of the molecule is CCNC(=O)C(C)N(Cc1ccccc1F)C(=O)CN(c1cccc(Br)c1)S(=O)(=O)c1ccc(C)cc1. The molecule has 10 heteroatoms. The minimum absolute atomic E-state index is 0.0169. The van der Waals surface area contributed by atoms with E-state index in [0.717, 1.165) is 9.87 Å². The molecule has 0 radical (unpaired) electrons. The Morgan fingerprint density at radius 1 is 1.03 bits per heavy atom. The molecule has 0 aliphatic heterocycles. The van der Waals surface area contributed by atoms with Crippen LogP contribution in [0.1, 0.15) is 25.0 Å². The summed E-state index contributed by atoms with van der Waals surface area (Å²) in [5.41, 5.74) is 1.36. The van der Waals surface area contributed by atoms with Gasteiger partial charge in [0.2, 0.25) is 11.8 Å². The Balaban J connectivity index is 2.04. The van der Waals surface area contributed by atoms with Crippen LogP contribution in [0.5, 0.6) is 0 Å². The number of nitrogens with one attached hydrogen (secondary N) is 1. The molecule has 2 amide bonds. The number of amides is 2. The first-order valence-electron chi connectivity index (χ1n) is 11.7. The van der Waals surface area contributed by atoms with Gasteiger partial charge < -0.3 is 10.2 Å². The summed E-state index contributed by atoms with van der Waals surface area (Å²) in [5.74, 6) is -1.61. The molecular formula is C27H29BrFN3O4S. The van der Waals surface area contributed by atoms with Crippen molar-refractivity contribution in [2.24, 2.45) is 0 Å². The minimum Gasteiger partial charge on any atom is -0.355 e. The third-order valence-electron chi connectivity index (χ3n) is 5.80. The average Bonchev–Trinajstić information content (AvgIpc) is 2.86. The van der Waals surface area contributed by atoms with Crippen LogP contribution < -0.4 is 9.62 Å². The van der Waals surface area contributed by atoms with Gasteiger partial charge in [-0.05, 0) is 57.2 Å². The second kappa shape index (κ2) is 12.3. The quantitative estimate of drug-likeness (QED) is 0.373. The van der Waals surface area contributed by atoms with Gasteiger partial charge in [-0.15, -0.1) is 0 Å². The maximum atomic E-state index is 14.5. The number of rotatable bonds is 10. The van der Waals surface area contributed by atoms with Crippen molar-refractivity contribution < 1.29 is 22.4 Å². The van der Waals surface area contributed by atoms with E-state index in [1.54, 1.807) is 49.4 Å². The molecule has 7 nitrogen and oxygen atoms in total. The van der Waals surface area contributed by atoms with E-state index in [1.165, 1.54) is 42.2 Å². The van der Waals surface area contributed by atoms with Crippen molar-refractivity contribution in [1.82, 2.24) is 10.2 Å². The van der Waals surface area contributed by atoms with Crippen LogP contribution in [0.25, 0.3) is 0 Å². The van der Waals surface area contributed by atoms with Gasteiger partial charge >= 0.3 is 0 Å². The number of carbonyl (C=O) groups excluding carboxylic acids is 2. The molecule has 1 unspecified atom stereocenters. The van der Waals surface area contributed by atoms with Gasteiger partial charge in [0.25, 0.3) is 10.0 Å². The van der Waals surface area contributed by atoms with Gasteiger partial charge in [-0.25, -0.2) is 12.8 Å². The fraction of sp³-hybridized carbons (Fsp3) is 0.259. The second-order valence-electron chi connectivity index (χ2n) is 8.49. The standard InChI is InChI=1S/C27H29BrFN3O4S/c1-4-30-27(34)20(3)31(17-21-8-5-6-11-25(21)29)26(33)18-32(23-10-7-9-22(28)16-23)37(35,36)24-14-12-19(2)13-15-24/h5-16,20H,4,17-18H2,1-3H3,(H,30,34). The number of anilines is 1. The van der Waals surface area contributed by atoms with E-state index in [2.05, 4.69) is 21.2 Å². The van der Waals surface area contributed by atoms with Crippen LogP contribution in [0.2, 0.25) is 0 Å². The van der Waals surface area contributed by atoms with Crippen LogP contribution in [-0.2, 0) is 26.2 Å². The zero-order valence-corrected chi connectivity index (χ0v) is 23.2. The highest BCUT2D eigenvalue weighted by atomic mass is 79.9. The zero-order valence-electron chi connectivity index (χ0n) is 20.8. The summed E-state index contributed by atoms with van der Waals surface area (Å²) in [7, 11) is -4.16. The second-order valence-corrected chi connectivity index (χ2v) is 11.3. The maximum Gasteiger partial charge on any atom is 0.264 e. The third kappa shape index (κ3) is 6.95. The van der Waals surface area contributed by atoms with E-state index in [4.69, 9.17) is 0 Å². The smallest absolute Gasteiger partial charge is 0.264 e. The summed E-state index contributed by atoms with van der Waals surface area (Å²) in [6, 6.07) is 17.9. The Morgan fingerprint density at radius 3 is 2.32 bits per heavy atom. The number of hydrogen-bond donors (Lipinski definition) is 1. The van der Waals surface area contributed by atoms with E-state index in [9.17, 15) is 22.4 Å². The molecular weight excluding hydrogens is 561 g/mol. The molecule has 1 N–H and O–H groups in total. The molecule has 0 heterocycles. The summed E-state index contributed by atoms with van der Waals surface area (Å²) < 4.78 is 43.6. The van der Waals surface area contributed by atoms with E-state index in [0.29, 0.717) is 11.0 Å². The molecule has 0 aromatic heterocycles. The van der Waals surface area contributed by atoms with Crippen molar-refractivity contribution in [1.29, 1.82) is 0 Å². The van der Waals surface area contributed by atoms with Gasteiger partial charge in [0.15, 0.2) is 0 Å². The number of carbonyl (C=O) groups is 2. The predicted octanol–water partition coefficient (Wildman–Crippen LogP) is 4.65. The fourth-order valence-corrected chi connectivity index (χ4v) is 5.51. The first kappa shape index (κ1) is 28.3. The Bertz CT molecular complexity index is 1370. The number of halogens is 2. The van der Waals surface area contributed by atoms with E-state index in [-0.39, 0.29) is 22.7 Å². The molecule has 0 fully saturated rings. The number of sulfonamides is 1. The maximum absolute atomic E-state index is 14.5. The van der Waals surface area contributed by atoms with Crippen molar-refractivity contribution in [3.8, 4) is 0 Å². The van der Waals surface area contributed by atoms with Gasteiger partial charge in [-0.3, -0.25) is 13.9 Å². The lowest BCUT2D eigenvalue weighted by atomic mass is 10.1. The normalized spacial score (nSPS) is 12.0. The van der Waals surface area contributed by atoms with Gasteiger partial charge in [-0.1, -0.05) is 57.9 Å². The van der Waals surface area contributed by atoms with Gasteiger partial charge in [0, 0.05) is 23.1 Å². The lowest BCUT2D eigenvalue weighted by Crippen LogP contribution is -2.51.